The molecule has 0 saturated carbocycles. The summed E-state index contributed by atoms with van der Waals surface area (Å²) in [4.78, 5) is 19.5. The van der Waals surface area contributed by atoms with Gasteiger partial charge in [-0.1, -0.05) is 6.92 Å². The van der Waals surface area contributed by atoms with Crippen molar-refractivity contribution >= 4 is 11.7 Å². The number of carbonyl (C=O) groups excluding carboxylic acids is 1. The minimum atomic E-state index is -0.480. The first kappa shape index (κ1) is 19.5. The highest BCUT2D eigenvalue weighted by molar-refractivity contribution is 6.04. The van der Waals surface area contributed by atoms with Gasteiger partial charge in [0.05, 0.1) is 17.9 Å². The molecule has 2 aromatic heterocycles. The van der Waals surface area contributed by atoms with Gasteiger partial charge >= 0.3 is 0 Å². The molecule has 3 aliphatic heterocycles. The Bertz CT molecular complexity index is 990. The van der Waals surface area contributed by atoms with E-state index in [2.05, 4.69) is 38.1 Å². The number of carbonyl (C=O) groups is 1. The summed E-state index contributed by atoms with van der Waals surface area (Å²) in [5.74, 6) is -0.603. The van der Waals surface area contributed by atoms with Crippen molar-refractivity contribution in [3.8, 4) is 11.3 Å². The second-order valence-corrected chi connectivity index (χ2v) is 8.22. The Morgan fingerprint density at radius 1 is 1.43 bits per heavy atom. The zero-order valence-corrected chi connectivity index (χ0v) is 17.1. The molecule has 0 bridgehead atoms. The van der Waals surface area contributed by atoms with E-state index in [1.807, 2.05) is 6.20 Å². The van der Waals surface area contributed by atoms with E-state index in [0.29, 0.717) is 36.5 Å². The van der Waals surface area contributed by atoms with Crippen molar-refractivity contribution in [2.24, 2.45) is 5.73 Å². The first-order chi connectivity index (χ1) is 14.5. The normalized spacial score (nSPS) is 23.8. The highest BCUT2D eigenvalue weighted by Crippen LogP contribution is 2.34. The summed E-state index contributed by atoms with van der Waals surface area (Å²) in [6, 6.07) is 1.70. The van der Waals surface area contributed by atoms with E-state index in [1.54, 1.807) is 0 Å². The molecule has 0 radical (unpaired) electrons. The lowest BCUT2D eigenvalue weighted by Gasteiger charge is -2.30. The van der Waals surface area contributed by atoms with Crippen LogP contribution in [0.25, 0.3) is 11.3 Å². The average Bonchev–Trinajstić information content (AvgIpc) is 3.35. The van der Waals surface area contributed by atoms with Gasteiger partial charge in [-0.2, -0.15) is 0 Å². The lowest BCUT2D eigenvalue weighted by atomic mass is 10.0. The second kappa shape index (κ2) is 7.64. The van der Waals surface area contributed by atoms with E-state index < -0.39 is 5.82 Å². The Morgan fingerprint density at radius 3 is 3.10 bits per heavy atom. The van der Waals surface area contributed by atoms with E-state index in [0.717, 1.165) is 31.7 Å². The molecule has 2 atom stereocenters. The van der Waals surface area contributed by atoms with Crippen molar-refractivity contribution in [2.45, 2.75) is 45.1 Å². The lowest BCUT2D eigenvalue weighted by molar-refractivity contribution is 0.0751. The van der Waals surface area contributed by atoms with Crippen LogP contribution in [0, 0.1) is 5.82 Å². The zero-order chi connectivity index (χ0) is 20.8. The number of aromatic nitrogens is 2. The van der Waals surface area contributed by atoms with E-state index in [-0.39, 0.29) is 30.4 Å². The fraction of sp³-hybridized carbons (Fsp3) is 0.524. The topological polar surface area (TPSA) is 97.4 Å². The lowest BCUT2D eigenvalue weighted by Crippen LogP contribution is -2.48. The predicted molar refractivity (Wildman–Crippen MR) is 111 cm³/mol. The molecular weight excluding hydrogens is 387 g/mol. The molecule has 0 unspecified atom stereocenters. The molecule has 0 aliphatic carbocycles. The van der Waals surface area contributed by atoms with Crippen LogP contribution in [-0.4, -0.2) is 58.7 Å². The molecule has 5 heterocycles. The quantitative estimate of drug-likeness (QED) is 0.698. The Kier molecular flexibility index (Phi) is 4.96. The fourth-order valence-electron chi connectivity index (χ4n) is 4.55. The van der Waals surface area contributed by atoms with Gasteiger partial charge in [0, 0.05) is 67.9 Å². The predicted octanol–water partition coefficient (Wildman–Crippen LogP) is 1.30. The molecule has 1 fully saturated rings. The van der Waals surface area contributed by atoms with Gasteiger partial charge in [0.2, 0.25) is 0 Å². The molecule has 0 aromatic carbocycles. The van der Waals surface area contributed by atoms with Crippen LogP contribution < -0.4 is 16.4 Å². The second-order valence-electron chi connectivity index (χ2n) is 8.22. The standard InChI is InChI=1S/C21H27FN6O2/c1-2-27-4-5-28-9-12(7-13(28)10-27)19-17-14(8-24-21(17)29)18(22)20(26-19)25-16-3-6-30-11-15(16)23/h7,9,15-16H,2-6,8,10-11,23H2,1H3,(H,24,29)(H,25,26)/t15-,16+/m0/s1. The number of nitrogens with zero attached hydrogens (tertiary/aromatic N) is 3. The number of ether oxygens (including phenoxy) is 1. The zero-order valence-electron chi connectivity index (χ0n) is 17.1. The van der Waals surface area contributed by atoms with Crippen LogP contribution in [-0.2, 0) is 24.4 Å². The smallest absolute Gasteiger partial charge is 0.254 e. The minimum absolute atomic E-state index is 0.128. The highest BCUT2D eigenvalue weighted by Gasteiger charge is 2.32. The SMILES string of the molecule is CCN1CCn2cc(-c3nc(N[C@@H]4CCOC[C@@H]4N)c(F)c4c3C(=O)NC4)cc2C1. The summed E-state index contributed by atoms with van der Waals surface area (Å²) in [6.45, 7) is 7.05. The summed E-state index contributed by atoms with van der Waals surface area (Å²) >= 11 is 0. The van der Waals surface area contributed by atoms with E-state index >= 15 is 4.39 Å². The molecule has 160 valence electrons. The molecule has 4 N–H and O–H groups in total. The average molecular weight is 414 g/mol. The number of pyridine rings is 1. The largest absolute Gasteiger partial charge is 0.380 e. The number of hydrogen-bond donors (Lipinski definition) is 3. The first-order valence-corrected chi connectivity index (χ1v) is 10.6. The molecule has 8 nitrogen and oxygen atoms in total. The summed E-state index contributed by atoms with van der Waals surface area (Å²) in [5.41, 5.74) is 9.39. The number of anilines is 1. The van der Waals surface area contributed by atoms with Gasteiger partial charge in [-0.3, -0.25) is 9.69 Å². The van der Waals surface area contributed by atoms with Gasteiger partial charge in [0.15, 0.2) is 11.6 Å². The van der Waals surface area contributed by atoms with Crippen molar-refractivity contribution in [1.82, 2.24) is 19.8 Å². The van der Waals surface area contributed by atoms with Crippen molar-refractivity contribution < 1.29 is 13.9 Å². The first-order valence-electron chi connectivity index (χ1n) is 10.6. The third-order valence-electron chi connectivity index (χ3n) is 6.36. The third-order valence-corrected chi connectivity index (χ3v) is 6.36. The number of rotatable bonds is 4. The van der Waals surface area contributed by atoms with Gasteiger partial charge in [-0.05, 0) is 19.0 Å². The summed E-state index contributed by atoms with van der Waals surface area (Å²) in [7, 11) is 0. The molecular formula is C21H27FN6O2. The number of hydrogen-bond acceptors (Lipinski definition) is 6. The number of amides is 1. The Morgan fingerprint density at radius 2 is 2.30 bits per heavy atom. The fourth-order valence-corrected chi connectivity index (χ4v) is 4.55. The third kappa shape index (κ3) is 3.27. The van der Waals surface area contributed by atoms with Crippen LogP contribution in [0.3, 0.4) is 0 Å². The van der Waals surface area contributed by atoms with E-state index in [4.69, 9.17) is 10.5 Å². The molecule has 1 amide bonds. The van der Waals surface area contributed by atoms with Crippen LogP contribution in [0.15, 0.2) is 12.3 Å². The molecule has 9 heteroatoms. The van der Waals surface area contributed by atoms with Gasteiger partial charge in [-0.25, -0.2) is 9.37 Å². The number of nitrogens with two attached hydrogens (primary N) is 1. The molecule has 3 aliphatic rings. The van der Waals surface area contributed by atoms with Gasteiger partial charge in [-0.15, -0.1) is 0 Å². The monoisotopic (exact) mass is 414 g/mol. The van der Waals surface area contributed by atoms with Crippen LogP contribution in [0.5, 0.6) is 0 Å². The molecule has 2 aromatic rings. The Labute approximate surface area is 174 Å². The van der Waals surface area contributed by atoms with Crippen molar-refractivity contribution in [3.05, 3.63) is 34.9 Å². The Balaban J connectivity index is 1.56. The molecule has 5 rings (SSSR count). The van der Waals surface area contributed by atoms with Crippen molar-refractivity contribution in [3.63, 3.8) is 0 Å². The van der Waals surface area contributed by atoms with Gasteiger partial charge in [0.25, 0.3) is 5.91 Å². The number of nitrogens with one attached hydrogen (secondary N) is 2. The summed E-state index contributed by atoms with van der Waals surface area (Å²) < 4.78 is 22.8. The van der Waals surface area contributed by atoms with Crippen LogP contribution >= 0.6 is 0 Å². The van der Waals surface area contributed by atoms with Gasteiger partial charge in [0.1, 0.15) is 0 Å². The van der Waals surface area contributed by atoms with Crippen LogP contribution in [0.2, 0.25) is 0 Å². The maximum absolute atomic E-state index is 15.2. The number of halogens is 1. The van der Waals surface area contributed by atoms with Crippen LogP contribution in [0.1, 0.15) is 35.0 Å². The van der Waals surface area contributed by atoms with Gasteiger partial charge < -0.3 is 25.7 Å². The molecule has 30 heavy (non-hydrogen) atoms. The minimum Gasteiger partial charge on any atom is -0.380 e. The molecule has 1 saturated heterocycles. The summed E-state index contributed by atoms with van der Waals surface area (Å²) in [6.07, 6.45) is 2.71. The Hall–Kier alpha value is -2.49. The summed E-state index contributed by atoms with van der Waals surface area (Å²) in [5, 5.41) is 5.93. The molecule has 0 spiro atoms. The number of likely N-dealkylation sites (N-methyl/N-ethyl adjacent to an activating group) is 1. The van der Waals surface area contributed by atoms with E-state index in [1.165, 1.54) is 5.69 Å². The maximum Gasteiger partial charge on any atom is 0.254 e. The number of fused-ring (bicyclic) bond motifs is 2. The van der Waals surface area contributed by atoms with E-state index in [9.17, 15) is 4.79 Å². The van der Waals surface area contributed by atoms with Crippen LogP contribution in [0.4, 0.5) is 10.2 Å². The highest BCUT2D eigenvalue weighted by atomic mass is 19.1. The van der Waals surface area contributed by atoms with Crippen molar-refractivity contribution in [1.29, 1.82) is 0 Å². The maximum atomic E-state index is 15.2. The van der Waals surface area contributed by atoms with Crippen molar-refractivity contribution in [2.75, 3.05) is 31.6 Å².